The standard InChI is InChI=1S/C13H22O3/c1-12(2)5-4-6-13(9-12,11(14)15-3)7-10-8-16-10/h10H,4-9H2,1-3H3. The van der Waals surface area contributed by atoms with Gasteiger partial charge in [0.2, 0.25) is 0 Å². The molecule has 1 aliphatic heterocycles. The van der Waals surface area contributed by atoms with Crippen LogP contribution >= 0.6 is 0 Å². The van der Waals surface area contributed by atoms with Crippen molar-refractivity contribution in [3.05, 3.63) is 0 Å². The van der Waals surface area contributed by atoms with Crippen molar-refractivity contribution < 1.29 is 14.3 Å². The van der Waals surface area contributed by atoms with Gasteiger partial charge in [0.1, 0.15) is 0 Å². The number of hydrogen-bond donors (Lipinski definition) is 0. The van der Waals surface area contributed by atoms with Crippen molar-refractivity contribution in [1.29, 1.82) is 0 Å². The van der Waals surface area contributed by atoms with Crippen LogP contribution in [0, 0.1) is 10.8 Å². The van der Waals surface area contributed by atoms with Crippen LogP contribution < -0.4 is 0 Å². The molecule has 0 spiro atoms. The van der Waals surface area contributed by atoms with Crippen LogP contribution in [-0.2, 0) is 14.3 Å². The summed E-state index contributed by atoms with van der Waals surface area (Å²) in [7, 11) is 1.50. The van der Waals surface area contributed by atoms with E-state index in [0.717, 1.165) is 32.3 Å². The molecule has 0 aromatic rings. The first kappa shape index (κ1) is 11.9. The number of ether oxygens (including phenoxy) is 2. The van der Waals surface area contributed by atoms with E-state index in [-0.39, 0.29) is 16.8 Å². The Morgan fingerprint density at radius 1 is 1.44 bits per heavy atom. The summed E-state index contributed by atoms with van der Waals surface area (Å²) in [6.45, 7) is 5.31. The van der Waals surface area contributed by atoms with Crippen LogP contribution in [0.1, 0.15) is 46.0 Å². The predicted molar refractivity (Wildman–Crippen MR) is 61.1 cm³/mol. The molecule has 1 aliphatic carbocycles. The largest absolute Gasteiger partial charge is 0.469 e. The van der Waals surface area contributed by atoms with E-state index in [2.05, 4.69) is 13.8 Å². The molecule has 2 atom stereocenters. The van der Waals surface area contributed by atoms with Gasteiger partial charge in [-0.3, -0.25) is 4.79 Å². The van der Waals surface area contributed by atoms with Crippen LogP contribution in [0.15, 0.2) is 0 Å². The van der Waals surface area contributed by atoms with E-state index < -0.39 is 0 Å². The maximum absolute atomic E-state index is 12.1. The summed E-state index contributed by atoms with van der Waals surface area (Å²) in [6, 6.07) is 0. The Labute approximate surface area is 97.5 Å². The Hall–Kier alpha value is -0.570. The minimum atomic E-state index is -0.280. The molecule has 16 heavy (non-hydrogen) atoms. The topological polar surface area (TPSA) is 38.8 Å². The van der Waals surface area contributed by atoms with Crippen molar-refractivity contribution in [2.75, 3.05) is 13.7 Å². The number of carbonyl (C=O) groups is 1. The summed E-state index contributed by atoms with van der Waals surface area (Å²) in [5.41, 5.74) is -0.0288. The molecule has 1 saturated heterocycles. The fraction of sp³-hybridized carbons (Fsp3) is 0.923. The smallest absolute Gasteiger partial charge is 0.311 e. The molecular formula is C13H22O3. The van der Waals surface area contributed by atoms with Crippen molar-refractivity contribution in [2.24, 2.45) is 10.8 Å². The highest BCUT2D eigenvalue weighted by atomic mass is 16.6. The molecule has 1 saturated carbocycles. The molecule has 92 valence electrons. The van der Waals surface area contributed by atoms with Crippen LogP contribution in [0.25, 0.3) is 0 Å². The van der Waals surface area contributed by atoms with Crippen LogP contribution in [-0.4, -0.2) is 25.8 Å². The van der Waals surface area contributed by atoms with E-state index in [1.807, 2.05) is 0 Å². The van der Waals surface area contributed by atoms with Crippen molar-refractivity contribution in [3.8, 4) is 0 Å². The SMILES string of the molecule is COC(=O)C1(CC2CO2)CCCC(C)(C)C1. The van der Waals surface area contributed by atoms with Crippen molar-refractivity contribution in [1.82, 2.24) is 0 Å². The molecule has 0 radical (unpaired) electrons. The van der Waals surface area contributed by atoms with E-state index in [1.54, 1.807) is 0 Å². The van der Waals surface area contributed by atoms with E-state index >= 15 is 0 Å². The highest BCUT2D eigenvalue weighted by molar-refractivity contribution is 5.77. The zero-order chi connectivity index (χ0) is 11.8. The Kier molecular flexibility index (Phi) is 2.99. The zero-order valence-corrected chi connectivity index (χ0v) is 10.5. The lowest BCUT2D eigenvalue weighted by Gasteiger charge is -2.42. The van der Waals surface area contributed by atoms with Gasteiger partial charge in [-0.1, -0.05) is 20.3 Å². The van der Waals surface area contributed by atoms with Gasteiger partial charge in [-0.05, 0) is 31.1 Å². The van der Waals surface area contributed by atoms with Crippen molar-refractivity contribution in [3.63, 3.8) is 0 Å². The fourth-order valence-corrected chi connectivity index (χ4v) is 3.27. The Balaban J connectivity index is 2.15. The highest BCUT2D eigenvalue weighted by Crippen LogP contribution is 2.50. The molecule has 0 bridgehead atoms. The lowest BCUT2D eigenvalue weighted by molar-refractivity contribution is -0.158. The van der Waals surface area contributed by atoms with Gasteiger partial charge in [-0.25, -0.2) is 0 Å². The highest BCUT2D eigenvalue weighted by Gasteiger charge is 2.49. The summed E-state index contributed by atoms with van der Waals surface area (Å²) in [5.74, 6) is -0.0317. The van der Waals surface area contributed by atoms with Gasteiger partial charge >= 0.3 is 5.97 Å². The third-order valence-electron chi connectivity index (χ3n) is 3.97. The second-order valence-electron chi connectivity index (χ2n) is 6.13. The van der Waals surface area contributed by atoms with Gasteiger partial charge in [0.15, 0.2) is 0 Å². The monoisotopic (exact) mass is 226 g/mol. The number of esters is 1. The molecule has 3 nitrogen and oxygen atoms in total. The molecule has 1 heterocycles. The average Bonchev–Trinajstić information content (AvgIpc) is 2.98. The molecule has 0 aromatic carbocycles. The molecule has 2 aliphatic rings. The van der Waals surface area contributed by atoms with E-state index in [4.69, 9.17) is 9.47 Å². The van der Waals surface area contributed by atoms with Gasteiger partial charge in [0.25, 0.3) is 0 Å². The normalized spacial score (nSPS) is 36.8. The Morgan fingerprint density at radius 2 is 2.12 bits per heavy atom. The van der Waals surface area contributed by atoms with Gasteiger partial charge in [-0.2, -0.15) is 0 Å². The van der Waals surface area contributed by atoms with E-state index in [9.17, 15) is 4.79 Å². The van der Waals surface area contributed by atoms with E-state index in [1.165, 1.54) is 13.5 Å². The zero-order valence-electron chi connectivity index (χ0n) is 10.5. The molecule has 0 amide bonds. The summed E-state index contributed by atoms with van der Waals surface area (Å²) in [5, 5.41) is 0. The molecule has 3 heteroatoms. The Bertz CT molecular complexity index is 281. The minimum Gasteiger partial charge on any atom is -0.469 e. The molecular weight excluding hydrogens is 204 g/mol. The van der Waals surface area contributed by atoms with E-state index in [0.29, 0.717) is 6.10 Å². The maximum atomic E-state index is 12.1. The maximum Gasteiger partial charge on any atom is 0.311 e. The minimum absolute atomic E-state index is 0.0317. The first-order chi connectivity index (χ1) is 7.47. The number of methoxy groups -OCH3 is 1. The average molecular weight is 226 g/mol. The second kappa shape index (κ2) is 4.02. The molecule has 2 unspecified atom stereocenters. The number of epoxide rings is 1. The first-order valence-electron chi connectivity index (χ1n) is 6.18. The Morgan fingerprint density at radius 3 is 2.62 bits per heavy atom. The van der Waals surface area contributed by atoms with Gasteiger partial charge < -0.3 is 9.47 Å². The van der Waals surface area contributed by atoms with Crippen LogP contribution in [0.4, 0.5) is 0 Å². The van der Waals surface area contributed by atoms with Crippen LogP contribution in [0.5, 0.6) is 0 Å². The number of rotatable bonds is 3. The number of carbonyl (C=O) groups excluding carboxylic acids is 1. The lowest BCUT2D eigenvalue weighted by Crippen LogP contribution is -2.41. The molecule has 0 aromatic heterocycles. The summed E-state index contributed by atoms with van der Waals surface area (Å²) in [6.07, 6.45) is 5.37. The fourth-order valence-electron chi connectivity index (χ4n) is 3.27. The van der Waals surface area contributed by atoms with Crippen molar-refractivity contribution >= 4 is 5.97 Å². The van der Waals surface area contributed by atoms with Gasteiger partial charge in [-0.15, -0.1) is 0 Å². The van der Waals surface area contributed by atoms with Crippen molar-refractivity contribution in [2.45, 2.75) is 52.1 Å². The summed E-state index contributed by atoms with van der Waals surface area (Å²) >= 11 is 0. The quantitative estimate of drug-likeness (QED) is 0.548. The molecule has 0 N–H and O–H groups in total. The van der Waals surface area contributed by atoms with Crippen LogP contribution in [0.3, 0.4) is 0 Å². The molecule has 2 fully saturated rings. The second-order valence-corrected chi connectivity index (χ2v) is 6.13. The predicted octanol–water partition coefficient (Wildman–Crippen LogP) is 2.53. The van der Waals surface area contributed by atoms with Crippen LogP contribution in [0.2, 0.25) is 0 Å². The molecule has 2 rings (SSSR count). The van der Waals surface area contributed by atoms with Gasteiger partial charge in [0.05, 0.1) is 25.2 Å². The first-order valence-corrected chi connectivity index (χ1v) is 6.18. The summed E-state index contributed by atoms with van der Waals surface area (Å²) in [4.78, 5) is 12.1. The lowest BCUT2D eigenvalue weighted by atomic mass is 9.62. The third kappa shape index (κ3) is 2.40. The number of hydrogen-bond acceptors (Lipinski definition) is 3. The summed E-state index contributed by atoms with van der Waals surface area (Å²) < 4.78 is 10.3. The third-order valence-corrected chi connectivity index (χ3v) is 3.97. The van der Waals surface area contributed by atoms with Gasteiger partial charge in [0, 0.05) is 0 Å².